The summed E-state index contributed by atoms with van der Waals surface area (Å²) in [7, 11) is 0. The van der Waals surface area contributed by atoms with E-state index in [1.807, 2.05) is 0 Å². The molecule has 0 radical (unpaired) electrons. The van der Waals surface area contributed by atoms with Gasteiger partial charge in [-0.15, -0.1) is 0 Å². The van der Waals surface area contributed by atoms with E-state index in [1.54, 1.807) is 24.3 Å². The Labute approximate surface area is 628 Å². The van der Waals surface area contributed by atoms with Crippen molar-refractivity contribution >= 4 is 89.2 Å². The zero-order chi connectivity index (χ0) is 80.9. The zero-order valence-electron chi connectivity index (χ0n) is 63.0. The molecule has 3 heterocycles. The standard InChI is InChI=1S/C68H102N8O33/c1-37(77)73-57-62(105-46(10)86)59(102-43(7)83)53(34-98-41(5)81)108-66(57)95-26-23-92-20-17-70-55(89)31-76(32-56(90)71-18-21-94-25-28-101-68(75-39(3)79)36-100-52(33-97-40(4)80)61(104-45(9)85)64(68)107-48(12)88)51(29-49-13-15-50(30-69)16-14-49)65(91)72-19-22-93-24-27-96-67-58(74-38(2)78)63(106-47(11)87)60(103-44(8)84)54(109-67)35-99-42(6)82/h13-16,51-54,57-64,66-67H,17-36,69H2,1-12H3,(H,70,89)(H,71,90)(H,72,91)(H,73,77)(H,74,78)(H,75,79). The Morgan fingerprint density at radius 1 is 0.450 bits per heavy atom. The fraction of sp³-hybridized carbons (Fsp3) is 0.691. The van der Waals surface area contributed by atoms with Crippen LogP contribution in [-0.4, -0.2) is 304 Å². The maximum Gasteiger partial charge on any atom is 0.303 e. The van der Waals surface area contributed by atoms with Gasteiger partial charge < -0.3 is 123 Å². The number of carbonyl (C=O) groups is 15. The molecule has 8 N–H and O–H groups in total. The van der Waals surface area contributed by atoms with Crippen molar-refractivity contribution in [1.82, 2.24) is 36.8 Å². The summed E-state index contributed by atoms with van der Waals surface area (Å²) in [6.07, 6.45) is -15.0. The van der Waals surface area contributed by atoms with Gasteiger partial charge in [-0.25, -0.2) is 0 Å². The Bertz CT molecular complexity index is 3220. The summed E-state index contributed by atoms with van der Waals surface area (Å²) in [6.45, 7) is 8.28. The summed E-state index contributed by atoms with van der Waals surface area (Å²) in [6, 6.07) is 3.13. The molecule has 3 aliphatic heterocycles. The Kier molecular flexibility index (Phi) is 40.3. The molecular weight excluding hydrogens is 1460 g/mol. The van der Waals surface area contributed by atoms with Gasteiger partial charge in [-0.1, -0.05) is 24.3 Å². The number of hydrogen-bond acceptors (Lipinski definition) is 35. The number of esters is 9. The first-order valence-electron chi connectivity index (χ1n) is 34.7. The molecule has 1 aromatic rings. The summed E-state index contributed by atoms with van der Waals surface area (Å²) < 4.78 is 102. The van der Waals surface area contributed by atoms with E-state index in [-0.39, 0.29) is 92.1 Å². The SMILES string of the molecule is CC(=O)NC1C(OCCOCCNC(=O)CN(CC(=O)NCCOCCOC2(NC(C)=O)COC(COC(C)=O)C(OC(C)=O)C2OC(C)=O)C(Cc2ccc(CN)cc2)C(=O)NCCOCCOC2OC(COC(C)=O)C(OC(C)=O)C(OC(C)=O)C2NC(C)=O)OC(COC(C)=O)C(OC(C)=O)C1OC(C)=O. The first-order chi connectivity index (χ1) is 51.6. The Morgan fingerprint density at radius 2 is 0.835 bits per heavy atom. The molecule has 3 fully saturated rings. The molecule has 0 aromatic heterocycles. The van der Waals surface area contributed by atoms with E-state index >= 15 is 0 Å². The highest BCUT2D eigenvalue weighted by molar-refractivity contribution is 5.86. The van der Waals surface area contributed by atoms with Gasteiger partial charge >= 0.3 is 53.7 Å². The van der Waals surface area contributed by atoms with Crippen molar-refractivity contribution in [2.24, 2.45) is 5.73 Å². The fourth-order valence-electron chi connectivity index (χ4n) is 11.4. The predicted molar refractivity (Wildman–Crippen MR) is 365 cm³/mol. The molecule has 3 aliphatic rings. The lowest BCUT2D eigenvalue weighted by atomic mass is 9.93. The molecule has 15 unspecified atom stereocenters. The minimum Gasteiger partial charge on any atom is -0.463 e. The van der Waals surface area contributed by atoms with Crippen LogP contribution in [0.5, 0.6) is 0 Å². The lowest BCUT2D eigenvalue weighted by Gasteiger charge is -2.48. The van der Waals surface area contributed by atoms with Gasteiger partial charge in [-0.2, -0.15) is 0 Å². The quantitative estimate of drug-likeness (QED) is 0.0141. The molecular formula is C68H102N8O33. The molecule has 41 nitrogen and oxygen atoms in total. The van der Waals surface area contributed by atoms with Crippen LogP contribution >= 0.6 is 0 Å². The highest BCUT2D eigenvalue weighted by atomic mass is 16.7. The van der Waals surface area contributed by atoms with E-state index < -0.39 is 220 Å². The lowest BCUT2D eigenvalue weighted by molar-refractivity contribution is -0.279. The van der Waals surface area contributed by atoms with Crippen LogP contribution in [0.1, 0.15) is 94.2 Å². The topological polar surface area (TPSA) is 524 Å². The van der Waals surface area contributed by atoms with Gasteiger partial charge in [0.1, 0.15) is 50.2 Å². The van der Waals surface area contributed by atoms with Crippen LogP contribution in [-0.2, 0) is 170 Å². The average Bonchev–Trinajstić information content (AvgIpc) is 0.773. The van der Waals surface area contributed by atoms with Crippen molar-refractivity contribution in [3.8, 4) is 0 Å². The normalized spacial score (nSPS) is 23.9. The van der Waals surface area contributed by atoms with E-state index in [0.717, 1.165) is 74.8 Å². The molecule has 0 saturated carbocycles. The van der Waals surface area contributed by atoms with E-state index in [9.17, 15) is 71.9 Å². The van der Waals surface area contributed by atoms with E-state index in [0.29, 0.717) is 5.56 Å². The molecule has 15 atom stereocenters. The monoisotopic (exact) mass is 1560 g/mol. The molecule has 41 heteroatoms. The van der Waals surface area contributed by atoms with Crippen LogP contribution in [0.4, 0.5) is 0 Å². The summed E-state index contributed by atoms with van der Waals surface area (Å²) in [4.78, 5) is 191. The maximum atomic E-state index is 14.6. The van der Waals surface area contributed by atoms with Crippen molar-refractivity contribution in [2.75, 3.05) is 119 Å². The summed E-state index contributed by atoms with van der Waals surface area (Å²) in [5.74, 6) is -11.0. The summed E-state index contributed by atoms with van der Waals surface area (Å²) in [5, 5.41) is 16.0. The predicted octanol–water partition coefficient (Wildman–Crippen LogP) is -4.22. The van der Waals surface area contributed by atoms with Crippen molar-refractivity contribution < 1.29 is 157 Å². The molecule has 109 heavy (non-hydrogen) atoms. The van der Waals surface area contributed by atoms with E-state index in [4.69, 9.17) is 91.0 Å². The number of carbonyl (C=O) groups excluding carboxylic acids is 15. The molecule has 3 saturated heterocycles. The van der Waals surface area contributed by atoms with Crippen molar-refractivity contribution in [3.05, 3.63) is 35.4 Å². The second-order valence-electron chi connectivity index (χ2n) is 24.8. The lowest BCUT2D eigenvalue weighted by Crippen LogP contribution is -2.72. The molecule has 0 spiro atoms. The van der Waals surface area contributed by atoms with Crippen molar-refractivity contribution in [3.63, 3.8) is 0 Å². The first kappa shape index (κ1) is 92.2. The van der Waals surface area contributed by atoms with Crippen molar-refractivity contribution in [1.29, 1.82) is 0 Å². The Morgan fingerprint density at radius 3 is 1.23 bits per heavy atom. The minimum atomic E-state index is -1.98. The maximum absolute atomic E-state index is 14.6. The van der Waals surface area contributed by atoms with Gasteiger partial charge in [-0.05, 0) is 17.5 Å². The van der Waals surface area contributed by atoms with Crippen LogP contribution in [0.3, 0.4) is 0 Å². The highest BCUT2D eigenvalue weighted by Crippen LogP contribution is 2.33. The van der Waals surface area contributed by atoms with Gasteiger partial charge in [0.2, 0.25) is 41.2 Å². The second-order valence-corrected chi connectivity index (χ2v) is 24.8. The van der Waals surface area contributed by atoms with E-state index in [1.165, 1.54) is 18.7 Å². The number of benzene rings is 1. The molecule has 0 bridgehead atoms. The van der Waals surface area contributed by atoms with Gasteiger partial charge in [0.05, 0.1) is 85.2 Å². The second kappa shape index (κ2) is 47.7. The number of nitrogens with zero attached hydrogens (tertiary/aromatic N) is 1. The van der Waals surface area contributed by atoms with Crippen molar-refractivity contribution in [2.45, 2.75) is 187 Å². The largest absolute Gasteiger partial charge is 0.463 e. The number of rotatable bonds is 45. The Hall–Kier alpha value is -9.17. The molecule has 1 aromatic carbocycles. The zero-order valence-corrected chi connectivity index (χ0v) is 63.0. The average molecular weight is 1560 g/mol. The minimum absolute atomic E-state index is 0.0814. The smallest absolute Gasteiger partial charge is 0.303 e. The van der Waals surface area contributed by atoms with Crippen LogP contribution in [0.2, 0.25) is 0 Å². The number of ether oxygens (including phenoxy) is 18. The van der Waals surface area contributed by atoms with Gasteiger partial charge in [0.15, 0.2) is 49.2 Å². The number of hydrogen-bond donors (Lipinski definition) is 7. The third kappa shape index (κ3) is 33.7. The van der Waals surface area contributed by atoms with Crippen LogP contribution in [0.25, 0.3) is 0 Å². The van der Waals surface area contributed by atoms with Crippen LogP contribution in [0.15, 0.2) is 24.3 Å². The van der Waals surface area contributed by atoms with Gasteiger partial charge in [0.25, 0.3) is 0 Å². The van der Waals surface area contributed by atoms with Gasteiger partial charge in [0, 0.05) is 109 Å². The third-order valence-corrected chi connectivity index (χ3v) is 15.6. The summed E-state index contributed by atoms with van der Waals surface area (Å²) in [5.41, 5.74) is 5.27. The van der Waals surface area contributed by atoms with E-state index in [2.05, 4.69) is 31.9 Å². The third-order valence-electron chi connectivity index (χ3n) is 15.6. The molecule has 4 rings (SSSR count). The Balaban J connectivity index is 1.53. The number of amides is 6. The highest BCUT2D eigenvalue weighted by Gasteiger charge is 2.57. The summed E-state index contributed by atoms with van der Waals surface area (Å²) >= 11 is 0. The molecule has 6 amide bonds. The fourth-order valence-corrected chi connectivity index (χ4v) is 11.4. The van der Waals surface area contributed by atoms with Gasteiger partial charge in [-0.3, -0.25) is 76.8 Å². The first-order valence-corrected chi connectivity index (χ1v) is 34.7. The molecule has 0 aliphatic carbocycles. The van der Waals surface area contributed by atoms with Crippen LogP contribution in [0, 0.1) is 0 Å². The van der Waals surface area contributed by atoms with Crippen LogP contribution < -0.4 is 37.6 Å². The number of nitrogens with one attached hydrogen (secondary N) is 6. The number of nitrogens with two attached hydrogens (primary N) is 1. The molecule has 612 valence electrons.